The standard InChI is InChI=1S/C26H30FN3O5/c1-4-5-13-30-17(2)22(25(32)35-15-14-34-3)23(29-26(30)33)19-7-6-8-21(16-19)28-24(31)18-9-11-20(27)12-10-18/h6-12,16,23H,4-5,13-15H2,1-3H3,(H,28,31)(H,29,33). The monoisotopic (exact) mass is 483 g/mol. The van der Waals surface area contributed by atoms with Gasteiger partial charge in [0.15, 0.2) is 0 Å². The Morgan fingerprint density at radius 2 is 1.89 bits per heavy atom. The van der Waals surface area contributed by atoms with Gasteiger partial charge in [0.1, 0.15) is 12.4 Å². The van der Waals surface area contributed by atoms with Gasteiger partial charge in [-0.3, -0.25) is 9.69 Å². The highest BCUT2D eigenvalue weighted by Crippen LogP contribution is 2.32. The SMILES string of the molecule is CCCCN1C(=O)NC(c2cccc(NC(=O)c3ccc(F)cc3)c2)C(C(=O)OCCOC)=C1C. The van der Waals surface area contributed by atoms with Crippen molar-refractivity contribution in [1.29, 1.82) is 0 Å². The molecule has 0 fully saturated rings. The van der Waals surface area contributed by atoms with E-state index in [1.165, 1.54) is 31.4 Å². The van der Waals surface area contributed by atoms with E-state index in [0.717, 1.165) is 12.8 Å². The van der Waals surface area contributed by atoms with Gasteiger partial charge in [0.05, 0.1) is 18.2 Å². The Bertz CT molecular complexity index is 1100. The van der Waals surface area contributed by atoms with Crippen LogP contribution in [-0.2, 0) is 14.3 Å². The van der Waals surface area contributed by atoms with Gasteiger partial charge in [0.2, 0.25) is 0 Å². The average molecular weight is 484 g/mol. The maximum atomic E-state index is 13.2. The van der Waals surface area contributed by atoms with Crippen molar-refractivity contribution < 1.29 is 28.2 Å². The van der Waals surface area contributed by atoms with E-state index in [1.54, 1.807) is 36.1 Å². The number of carbonyl (C=O) groups excluding carboxylic acids is 3. The summed E-state index contributed by atoms with van der Waals surface area (Å²) in [5, 5.41) is 5.67. The number of rotatable bonds is 10. The second-order valence-electron chi connectivity index (χ2n) is 8.10. The van der Waals surface area contributed by atoms with Crippen molar-refractivity contribution in [1.82, 2.24) is 10.2 Å². The Morgan fingerprint density at radius 1 is 1.14 bits per heavy atom. The van der Waals surface area contributed by atoms with E-state index in [1.807, 2.05) is 6.92 Å². The number of nitrogens with zero attached hydrogens (tertiary/aromatic N) is 1. The third kappa shape index (κ3) is 6.45. The zero-order valence-electron chi connectivity index (χ0n) is 20.1. The fourth-order valence-electron chi connectivity index (χ4n) is 3.78. The van der Waals surface area contributed by atoms with Crippen molar-refractivity contribution in [2.24, 2.45) is 0 Å². The molecule has 1 aliphatic heterocycles. The lowest BCUT2D eigenvalue weighted by molar-refractivity contribution is -0.140. The number of urea groups is 1. The van der Waals surface area contributed by atoms with E-state index in [4.69, 9.17) is 9.47 Å². The number of carbonyl (C=O) groups is 3. The summed E-state index contributed by atoms with van der Waals surface area (Å²) < 4.78 is 23.5. The number of halogens is 1. The minimum absolute atomic E-state index is 0.0789. The molecule has 0 aliphatic carbocycles. The van der Waals surface area contributed by atoms with Crippen molar-refractivity contribution in [2.75, 3.05) is 32.2 Å². The smallest absolute Gasteiger partial charge is 0.338 e. The Labute approximate surface area is 204 Å². The minimum atomic E-state index is -0.766. The van der Waals surface area contributed by atoms with Crippen LogP contribution in [0.2, 0.25) is 0 Å². The van der Waals surface area contributed by atoms with Crippen molar-refractivity contribution >= 4 is 23.6 Å². The van der Waals surface area contributed by atoms with E-state index >= 15 is 0 Å². The predicted molar refractivity (Wildman–Crippen MR) is 129 cm³/mol. The Morgan fingerprint density at radius 3 is 2.57 bits per heavy atom. The molecule has 0 saturated heterocycles. The summed E-state index contributed by atoms with van der Waals surface area (Å²) in [6.07, 6.45) is 1.68. The van der Waals surface area contributed by atoms with E-state index in [2.05, 4.69) is 10.6 Å². The van der Waals surface area contributed by atoms with E-state index in [9.17, 15) is 18.8 Å². The number of hydrogen-bond acceptors (Lipinski definition) is 5. The number of allylic oxidation sites excluding steroid dienone is 1. The second kappa shape index (κ2) is 12.1. The zero-order valence-corrected chi connectivity index (χ0v) is 20.1. The van der Waals surface area contributed by atoms with Crippen LogP contribution in [0.25, 0.3) is 0 Å². The zero-order chi connectivity index (χ0) is 25.4. The van der Waals surface area contributed by atoms with Crippen molar-refractivity contribution in [2.45, 2.75) is 32.7 Å². The van der Waals surface area contributed by atoms with Gasteiger partial charge in [-0.05, 0) is 55.3 Å². The molecule has 0 radical (unpaired) electrons. The molecule has 186 valence electrons. The van der Waals surface area contributed by atoms with Crippen LogP contribution in [0, 0.1) is 5.82 Å². The lowest BCUT2D eigenvalue weighted by Crippen LogP contribution is -2.48. The number of anilines is 1. The van der Waals surface area contributed by atoms with Gasteiger partial charge in [-0.15, -0.1) is 0 Å². The number of hydrogen-bond donors (Lipinski definition) is 2. The summed E-state index contributed by atoms with van der Waals surface area (Å²) in [6, 6.07) is 11.0. The molecule has 1 heterocycles. The van der Waals surface area contributed by atoms with Crippen LogP contribution in [0.1, 0.15) is 48.7 Å². The summed E-state index contributed by atoms with van der Waals surface area (Å²) in [5.41, 5.74) is 2.20. The van der Waals surface area contributed by atoms with Gasteiger partial charge in [-0.25, -0.2) is 14.0 Å². The number of nitrogens with one attached hydrogen (secondary N) is 2. The Hall–Kier alpha value is -3.72. The van der Waals surface area contributed by atoms with Crippen molar-refractivity contribution in [3.8, 4) is 0 Å². The van der Waals surface area contributed by atoms with Crippen LogP contribution in [0.5, 0.6) is 0 Å². The lowest BCUT2D eigenvalue weighted by atomic mass is 9.94. The highest BCUT2D eigenvalue weighted by Gasteiger charge is 2.36. The second-order valence-corrected chi connectivity index (χ2v) is 8.10. The predicted octanol–water partition coefficient (Wildman–Crippen LogP) is 4.41. The highest BCUT2D eigenvalue weighted by molar-refractivity contribution is 6.04. The molecule has 9 heteroatoms. The molecule has 0 aromatic heterocycles. The van der Waals surface area contributed by atoms with E-state index < -0.39 is 23.7 Å². The Kier molecular flexibility index (Phi) is 8.97. The van der Waals surface area contributed by atoms with Crippen LogP contribution in [-0.4, -0.2) is 49.7 Å². The lowest BCUT2D eigenvalue weighted by Gasteiger charge is -2.35. The van der Waals surface area contributed by atoms with Crippen molar-refractivity contribution in [3.05, 3.63) is 76.7 Å². The topological polar surface area (TPSA) is 97.0 Å². The summed E-state index contributed by atoms with van der Waals surface area (Å²) in [4.78, 5) is 40.1. The summed E-state index contributed by atoms with van der Waals surface area (Å²) >= 11 is 0. The molecular weight excluding hydrogens is 453 g/mol. The molecule has 3 amide bonds. The molecule has 0 spiro atoms. The summed E-state index contributed by atoms with van der Waals surface area (Å²) in [5.74, 6) is -1.39. The van der Waals surface area contributed by atoms with Gasteiger partial charge in [0.25, 0.3) is 5.91 Å². The third-order valence-corrected chi connectivity index (χ3v) is 5.66. The van der Waals surface area contributed by atoms with Crippen molar-refractivity contribution in [3.63, 3.8) is 0 Å². The summed E-state index contributed by atoms with van der Waals surface area (Å²) in [6.45, 7) is 4.56. The molecule has 0 saturated carbocycles. The van der Waals surface area contributed by atoms with Gasteiger partial charge in [-0.1, -0.05) is 25.5 Å². The molecule has 1 aliphatic rings. The number of amides is 3. The normalized spacial score (nSPS) is 15.6. The number of unbranched alkanes of at least 4 members (excludes halogenated alkanes) is 1. The summed E-state index contributed by atoms with van der Waals surface area (Å²) in [7, 11) is 1.51. The van der Waals surface area contributed by atoms with Gasteiger partial charge >= 0.3 is 12.0 Å². The molecule has 2 aromatic rings. The Balaban J connectivity index is 1.90. The van der Waals surface area contributed by atoms with Crippen LogP contribution in [0.3, 0.4) is 0 Å². The number of ether oxygens (including phenoxy) is 2. The molecule has 0 bridgehead atoms. The molecule has 2 aromatic carbocycles. The quantitative estimate of drug-likeness (QED) is 0.386. The first-order valence-electron chi connectivity index (χ1n) is 11.5. The number of methoxy groups -OCH3 is 1. The first-order valence-corrected chi connectivity index (χ1v) is 11.5. The molecular formula is C26H30FN3O5. The maximum absolute atomic E-state index is 13.2. The van der Waals surface area contributed by atoms with Gasteiger partial charge in [0, 0.05) is 30.6 Å². The van der Waals surface area contributed by atoms with Crippen LogP contribution >= 0.6 is 0 Å². The fraction of sp³-hybridized carbons (Fsp3) is 0.346. The van der Waals surface area contributed by atoms with Gasteiger partial charge < -0.3 is 20.1 Å². The first-order chi connectivity index (χ1) is 16.8. The molecule has 1 atom stereocenters. The molecule has 35 heavy (non-hydrogen) atoms. The van der Waals surface area contributed by atoms with Crippen LogP contribution < -0.4 is 10.6 Å². The first kappa shape index (κ1) is 25.9. The molecule has 2 N–H and O–H groups in total. The van der Waals surface area contributed by atoms with Crippen LogP contribution in [0.4, 0.5) is 14.9 Å². The molecule has 3 rings (SSSR count). The fourth-order valence-corrected chi connectivity index (χ4v) is 3.78. The van der Waals surface area contributed by atoms with Crippen LogP contribution in [0.15, 0.2) is 59.8 Å². The minimum Gasteiger partial charge on any atom is -0.460 e. The highest BCUT2D eigenvalue weighted by atomic mass is 19.1. The average Bonchev–Trinajstić information content (AvgIpc) is 2.84. The maximum Gasteiger partial charge on any atom is 0.338 e. The molecule has 1 unspecified atom stereocenters. The van der Waals surface area contributed by atoms with E-state index in [-0.39, 0.29) is 19.2 Å². The largest absolute Gasteiger partial charge is 0.460 e. The third-order valence-electron chi connectivity index (χ3n) is 5.66. The molecule has 8 nitrogen and oxygen atoms in total. The number of esters is 1. The van der Waals surface area contributed by atoms with Gasteiger partial charge in [-0.2, -0.15) is 0 Å². The van der Waals surface area contributed by atoms with E-state index in [0.29, 0.717) is 34.6 Å². The number of benzene rings is 2.